The quantitative estimate of drug-likeness (QED) is 0.103. The van der Waals surface area contributed by atoms with E-state index >= 15 is 0 Å². The first-order chi connectivity index (χ1) is 20.9. The summed E-state index contributed by atoms with van der Waals surface area (Å²) in [4.78, 5) is 45.6. The Labute approximate surface area is 260 Å². The van der Waals surface area contributed by atoms with Crippen molar-refractivity contribution in [3.8, 4) is 5.75 Å². The van der Waals surface area contributed by atoms with Gasteiger partial charge >= 0.3 is 11.9 Å². The fourth-order valence-corrected chi connectivity index (χ4v) is 6.14. The fraction of sp³-hybridized carbons (Fsp3) is 0.257. The first-order valence-corrected chi connectivity index (χ1v) is 15.0. The highest BCUT2D eigenvalue weighted by Gasteiger charge is 2.48. The Morgan fingerprint density at radius 2 is 1.68 bits per heavy atom. The van der Waals surface area contributed by atoms with Gasteiger partial charge in [-0.25, -0.2) is 9.78 Å². The summed E-state index contributed by atoms with van der Waals surface area (Å²) < 4.78 is 10.9. The van der Waals surface area contributed by atoms with Crippen molar-refractivity contribution in [2.45, 2.75) is 52.7 Å². The summed E-state index contributed by atoms with van der Waals surface area (Å²) in [5.41, 5.74) is 4.01. The highest BCUT2D eigenvalue weighted by Crippen LogP contribution is 2.44. The number of ether oxygens (including phenoxy) is 2. The third-order valence-corrected chi connectivity index (χ3v) is 8.72. The number of Topliss-reactive ketones (excluding diaryl/α,β-unsaturated/α-hetero) is 1. The van der Waals surface area contributed by atoms with Crippen molar-refractivity contribution in [2.24, 2.45) is 0 Å². The number of aliphatic hydroxyl groups is 1. The van der Waals surface area contributed by atoms with Crippen molar-refractivity contribution in [1.29, 1.82) is 0 Å². The van der Waals surface area contributed by atoms with E-state index in [2.05, 4.69) is 25.8 Å². The molecular formula is C35H34N2O6S. The van der Waals surface area contributed by atoms with Crippen LogP contribution in [0.4, 0.5) is 5.13 Å². The molecule has 1 fully saturated rings. The van der Waals surface area contributed by atoms with E-state index < -0.39 is 23.7 Å². The SMILES string of the molecule is COC(=O)c1sc(N2C(=O)C(=O)C(=C(O)c3ccc(OCc4ccccc4)c(C)c3)[C@@H]2c2ccc(C(C)(C)C)cc2)nc1C. The summed E-state index contributed by atoms with van der Waals surface area (Å²) in [7, 11) is 1.27. The minimum Gasteiger partial charge on any atom is -0.507 e. The van der Waals surface area contributed by atoms with Crippen LogP contribution in [-0.2, 0) is 26.3 Å². The Balaban J connectivity index is 1.59. The number of anilines is 1. The minimum atomic E-state index is -0.977. The Morgan fingerprint density at radius 1 is 1.00 bits per heavy atom. The Morgan fingerprint density at radius 3 is 2.30 bits per heavy atom. The molecule has 1 amide bonds. The van der Waals surface area contributed by atoms with E-state index in [9.17, 15) is 19.5 Å². The monoisotopic (exact) mass is 610 g/mol. The van der Waals surface area contributed by atoms with Gasteiger partial charge in [-0.2, -0.15) is 0 Å². The first kappa shape index (κ1) is 30.7. The lowest BCUT2D eigenvalue weighted by atomic mass is 9.85. The number of hydrogen-bond acceptors (Lipinski definition) is 8. The second-order valence-corrected chi connectivity index (χ2v) is 12.7. The lowest BCUT2D eigenvalue weighted by Crippen LogP contribution is -2.29. The average molecular weight is 611 g/mol. The molecule has 5 rings (SSSR count). The molecule has 0 unspecified atom stereocenters. The zero-order chi connectivity index (χ0) is 31.8. The van der Waals surface area contributed by atoms with Crippen molar-refractivity contribution in [3.05, 3.63) is 117 Å². The van der Waals surface area contributed by atoms with Gasteiger partial charge in [0.1, 0.15) is 23.0 Å². The van der Waals surface area contributed by atoms with E-state index in [-0.39, 0.29) is 26.8 Å². The number of methoxy groups -OCH3 is 1. The molecule has 9 heteroatoms. The fourth-order valence-electron chi connectivity index (χ4n) is 5.13. The number of hydrogen-bond donors (Lipinski definition) is 1. The molecule has 1 saturated heterocycles. The number of aryl methyl sites for hydroxylation is 2. The normalized spacial score (nSPS) is 16.3. The maximum atomic E-state index is 13.7. The van der Waals surface area contributed by atoms with Crippen LogP contribution in [0.25, 0.3) is 5.76 Å². The molecule has 0 bridgehead atoms. The first-order valence-electron chi connectivity index (χ1n) is 14.2. The number of ketones is 1. The number of benzene rings is 3. The standard InChI is InChI=1S/C35H34N2O6S/c1-20-18-24(14-17-26(20)43-19-22-10-8-7-9-11-22)29(38)27-28(23-12-15-25(16-13-23)35(3,4)5)37(32(40)30(27)39)34-36-21(2)31(44-34)33(41)42-6/h7-18,28,38H,19H2,1-6H3/t28-/m0/s1. The number of rotatable bonds is 7. The smallest absolute Gasteiger partial charge is 0.350 e. The van der Waals surface area contributed by atoms with E-state index in [1.807, 2.05) is 61.5 Å². The van der Waals surface area contributed by atoms with E-state index in [1.54, 1.807) is 25.1 Å². The number of esters is 1. The topological polar surface area (TPSA) is 106 Å². The number of amides is 1. The van der Waals surface area contributed by atoms with E-state index in [1.165, 1.54) is 12.0 Å². The Hall–Kier alpha value is -4.76. The number of aliphatic hydroxyl groups excluding tert-OH is 1. The molecule has 1 N–H and O–H groups in total. The zero-order valence-electron chi connectivity index (χ0n) is 25.5. The molecule has 0 radical (unpaired) electrons. The van der Waals surface area contributed by atoms with Gasteiger partial charge in [-0.3, -0.25) is 14.5 Å². The van der Waals surface area contributed by atoms with E-state index in [4.69, 9.17) is 9.47 Å². The van der Waals surface area contributed by atoms with Gasteiger partial charge in [0.2, 0.25) is 0 Å². The Kier molecular flexibility index (Phi) is 8.43. The average Bonchev–Trinajstić information content (AvgIpc) is 3.51. The van der Waals surface area contributed by atoms with Crippen molar-refractivity contribution in [3.63, 3.8) is 0 Å². The third-order valence-electron chi connectivity index (χ3n) is 7.58. The molecular weight excluding hydrogens is 576 g/mol. The summed E-state index contributed by atoms with van der Waals surface area (Å²) in [6.07, 6.45) is 0. The molecule has 8 nitrogen and oxygen atoms in total. The van der Waals surface area contributed by atoms with Gasteiger partial charge in [0.15, 0.2) is 5.13 Å². The van der Waals surface area contributed by atoms with Crippen LogP contribution in [0.3, 0.4) is 0 Å². The molecule has 1 atom stereocenters. The van der Waals surface area contributed by atoms with Gasteiger partial charge in [0, 0.05) is 5.56 Å². The van der Waals surface area contributed by atoms with Crippen LogP contribution in [-0.4, -0.2) is 34.9 Å². The van der Waals surface area contributed by atoms with Crippen LogP contribution >= 0.6 is 11.3 Å². The predicted octanol–water partition coefficient (Wildman–Crippen LogP) is 7.05. The highest BCUT2D eigenvalue weighted by atomic mass is 32.1. The van der Waals surface area contributed by atoms with Crippen LogP contribution < -0.4 is 9.64 Å². The minimum absolute atomic E-state index is 0.0664. The van der Waals surface area contributed by atoms with Gasteiger partial charge < -0.3 is 14.6 Å². The van der Waals surface area contributed by atoms with E-state index in [0.717, 1.165) is 28.0 Å². The van der Waals surface area contributed by atoms with Gasteiger partial charge in [0.25, 0.3) is 5.78 Å². The molecule has 1 aromatic heterocycles. The molecule has 0 saturated carbocycles. The predicted molar refractivity (Wildman–Crippen MR) is 170 cm³/mol. The zero-order valence-corrected chi connectivity index (χ0v) is 26.3. The lowest BCUT2D eigenvalue weighted by molar-refractivity contribution is -0.132. The second kappa shape index (κ2) is 12.1. The number of thiazole rings is 1. The van der Waals surface area contributed by atoms with E-state index in [0.29, 0.717) is 29.2 Å². The second-order valence-electron chi connectivity index (χ2n) is 11.7. The highest BCUT2D eigenvalue weighted by molar-refractivity contribution is 7.17. The Bertz CT molecular complexity index is 1770. The largest absolute Gasteiger partial charge is 0.507 e. The summed E-state index contributed by atoms with van der Waals surface area (Å²) in [5, 5.41) is 11.8. The van der Waals surface area contributed by atoms with Crippen LogP contribution in [0.5, 0.6) is 5.75 Å². The van der Waals surface area contributed by atoms with Gasteiger partial charge in [-0.05, 0) is 59.7 Å². The van der Waals surface area contributed by atoms with Crippen molar-refractivity contribution in [2.75, 3.05) is 12.0 Å². The van der Waals surface area contributed by atoms with Crippen LogP contribution in [0.15, 0.2) is 78.4 Å². The van der Waals surface area contributed by atoms with Gasteiger partial charge in [0.05, 0.1) is 24.4 Å². The maximum Gasteiger partial charge on any atom is 0.350 e. The molecule has 44 heavy (non-hydrogen) atoms. The molecule has 3 aromatic carbocycles. The molecule has 226 valence electrons. The van der Waals surface area contributed by atoms with Gasteiger partial charge in [-0.1, -0.05) is 86.7 Å². The molecule has 1 aliphatic rings. The molecule has 0 aliphatic carbocycles. The maximum absolute atomic E-state index is 13.7. The summed E-state index contributed by atoms with van der Waals surface area (Å²) in [6.45, 7) is 10.2. The molecule has 4 aromatic rings. The van der Waals surface area contributed by atoms with Crippen molar-refractivity contribution < 1.29 is 29.0 Å². The van der Waals surface area contributed by atoms with Crippen LogP contribution in [0.2, 0.25) is 0 Å². The number of carbonyl (C=O) groups excluding carboxylic acids is 3. The summed E-state index contributed by atoms with van der Waals surface area (Å²) in [5.74, 6) is -1.95. The summed E-state index contributed by atoms with van der Waals surface area (Å²) in [6, 6.07) is 21.5. The molecule has 0 spiro atoms. The molecule has 2 heterocycles. The van der Waals surface area contributed by atoms with Crippen LogP contribution in [0.1, 0.15) is 70.0 Å². The van der Waals surface area contributed by atoms with Crippen molar-refractivity contribution in [1.82, 2.24) is 4.98 Å². The third kappa shape index (κ3) is 5.88. The summed E-state index contributed by atoms with van der Waals surface area (Å²) >= 11 is 0.965. The number of nitrogens with zero attached hydrogens (tertiary/aromatic N) is 2. The van der Waals surface area contributed by atoms with Crippen molar-refractivity contribution >= 4 is 39.9 Å². The van der Waals surface area contributed by atoms with Gasteiger partial charge in [-0.15, -0.1) is 0 Å². The molecule has 1 aliphatic heterocycles. The number of aromatic nitrogens is 1. The number of carbonyl (C=O) groups is 3. The van der Waals surface area contributed by atoms with Crippen LogP contribution in [0, 0.1) is 13.8 Å². The lowest BCUT2D eigenvalue weighted by Gasteiger charge is -2.25.